The molecule has 12 heteroatoms. The highest BCUT2D eigenvalue weighted by Crippen LogP contribution is 2.35. The molecule has 164 valence electrons. The monoisotopic (exact) mass is 445 g/mol. The summed E-state index contributed by atoms with van der Waals surface area (Å²) in [5.74, 6) is 0.237. The number of hydrogen-bond acceptors (Lipinski definition) is 6. The van der Waals surface area contributed by atoms with Gasteiger partial charge in [0.2, 0.25) is 5.91 Å². The Labute approximate surface area is 174 Å². The zero-order chi connectivity index (χ0) is 21.7. The minimum atomic E-state index is -4.32. The molecule has 0 saturated heterocycles. The van der Waals surface area contributed by atoms with Gasteiger partial charge in [0.15, 0.2) is 5.82 Å². The summed E-state index contributed by atoms with van der Waals surface area (Å²) >= 11 is 1.46. The molecule has 2 heterocycles. The molecule has 3 N–H and O–H groups in total. The number of nitrogens with one attached hydrogen (secondary N) is 3. The van der Waals surface area contributed by atoms with Gasteiger partial charge < -0.3 is 15.4 Å². The maximum absolute atomic E-state index is 12.1. The van der Waals surface area contributed by atoms with E-state index in [-0.39, 0.29) is 24.3 Å². The summed E-state index contributed by atoms with van der Waals surface area (Å²) < 4.78 is 41.5. The van der Waals surface area contributed by atoms with E-state index in [1.54, 1.807) is 12.3 Å². The number of aryl methyl sites for hydroxylation is 1. The summed E-state index contributed by atoms with van der Waals surface area (Å²) in [7, 11) is 0. The van der Waals surface area contributed by atoms with Gasteiger partial charge in [-0.2, -0.15) is 18.3 Å². The lowest BCUT2D eigenvalue weighted by Crippen LogP contribution is -2.31. The highest BCUT2D eigenvalue weighted by atomic mass is 32.1. The van der Waals surface area contributed by atoms with Gasteiger partial charge in [0.05, 0.1) is 12.8 Å². The molecule has 30 heavy (non-hydrogen) atoms. The molecule has 1 fully saturated rings. The standard InChI is InChI=1S/C18H22F3N5O3S/c1-10-9-23-16(30-10)8-15(27)24-14-7-13(25-26-14)11-2-3-12(6-11)29-17(28)22-5-4-18(19,20)21/h7,9,11-12H,2-6,8H2,1H3,(H,22,28)(H2,24,25,26,27)/t11-,12+/m0/s1. The number of alkyl halides is 3. The van der Waals surface area contributed by atoms with Crippen LogP contribution in [0.1, 0.15) is 47.2 Å². The predicted octanol–water partition coefficient (Wildman–Crippen LogP) is 3.67. The van der Waals surface area contributed by atoms with Crippen LogP contribution in [0, 0.1) is 6.92 Å². The van der Waals surface area contributed by atoms with E-state index in [2.05, 4.69) is 25.8 Å². The summed E-state index contributed by atoms with van der Waals surface area (Å²) in [5.41, 5.74) is 0.805. The molecule has 2 aromatic heterocycles. The Morgan fingerprint density at radius 2 is 2.17 bits per heavy atom. The summed E-state index contributed by atoms with van der Waals surface area (Å²) in [6.45, 7) is 1.41. The minimum Gasteiger partial charge on any atom is -0.446 e. The second-order valence-electron chi connectivity index (χ2n) is 7.13. The molecule has 8 nitrogen and oxygen atoms in total. The first-order valence-corrected chi connectivity index (χ1v) is 10.3. The first-order chi connectivity index (χ1) is 14.2. The van der Waals surface area contributed by atoms with Crippen molar-refractivity contribution in [1.29, 1.82) is 0 Å². The van der Waals surface area contributed by atoms with Gasteiger partial charge in [0.1, 0.15) is 11.1 Å². The second-order valence-corrected chi connectivity index (χ2v) is 8.45. The lowest BCUT2D eigenvalue weighted by atomic mass is 10.0. The van der Waals surface area contributed by atoms with Crippen molar-refractivity contribution in [3.8, 4) is 0 Å². The van der Waals surface area contributed by atoms with Crippen LogP contribution < -0.4 is 10.6 Å². The predicted molar refractivity (Wildman–Crippen MR) is 103 cm³/mol. The molecular weight excluding hydrogens is 423 g/mol. The highest BCUT2D eigenvalue weighted by molar-refractivity contribution is 7.11. The molecule has 0 aromatic carbocycles. The number of alkyl carbamates (subject to hydrolysis) is 1. The van der Waals surface area contributed by atoms with Crippen molar-refractivity contribution in [2.75, 3.05) is 11.9 Å². The van der Waals surface area contributed by atoms with E-state index in [1.165, 1.54) is 11.3 Å². The van der Waals surface area contributed by atoms with E-state index in [0.29, 0.717) is 18.7 Å². The number of thiazole rings is 1. The zero-order valence-corrected chi connectivity index (χ0v) is 17.0. The van der Waals surface area contributed by atoms with E-state index >= 15 is 0 Å². The average Bonchev–Trinajstić information content (AvgIpc) is 3.35. The Morgan fingerprint density at radius 3 is 2.87 bits per heavy atom. The molecule has 2 amide bonds. The Morgan fingerprint density at radius 1 is 1.37 bits per heavy atom. The summed E-state index contributed by atoms with van der Waals surface area (Å²) in [4.78, 5) is 28.9. The number of hydrogen-bond donors (Lipinski definition) is 3. The van der Waals surface area contributed by atoms with E-state index in [9.17, 15) is 22.8 Å². The van der Waals surface area contributed by atoms with Gasteiger partial charge >= 0.3 is 12.3 Å². The SMILES string of the molecule is Cc1cnc(CC(=O)Nc2cc([C@H]3CC[C@@H](OC(=O)NCCC(F)(F)F)C3)[nH]n2)s1. The lowest BCUT2D eigenvalue weighted by molar-refractivity contribution is -0.133. The highest BCUT2D eigenvalue weighted by Gasteiger charge is 2.31. The maximum atomic E-state index is 12.1. The van der Waals surface area contributed by atoms with E-state index in [1.807, 2.05) is 6.92 Å². The molecule has 1 saturated carbocycles. The molecule has 1 aliphatic rings. The van der Waals surface area contributed by atoms with Crippen LogP contribution in [0.5, 0.6) is 0 Å². The Balaban J connectivity index is 1.42. The number of aromatic nitrogens is 3. The first-order valence-electron chi connectivity index (χ1n) is 9.45. The Hall–Kier alpha value is -2.63. The van der Waals surface area contributed by atoms with Crippen molar-refractivity contribution < 1.29 is 27.5 Å². The number of rotatable bonds is 7. The van der Waals surface area contributed by atoms with Crippen LogP contribution in [0.25, 0.3) is 0 Å². The van der Waals surface area contributed by atoms with Crippen LogP contribution in [0.2, 0.25) is 0 Å². The van der Waals surface area contributed by atoms with Crippen molar-refractivity contribution in [3.63, 3.8) is 0 Å². The third-order valence-corrected chi connectivity index (χ3v) is 5.53. The molecule has 0 bridgehead atoms. The minimum absolute atomic E-state index is 0.0535. The van der Waals surface area contributed by atoms with Crippen LogP contribution >= 0.6 is 11.3 Å². The van der Waals surface area contributed by atoms with E-state index < -0.39 is 25.2 Å². The van der Waals surface area contributed by atoms with Crippen LogP contribution in [-0.4, -0.2) is 46.0 Å². The van der Waals surface area contributed by atoms with Gasteiger partial charge in [0.25, 0.3) is 0 Å². The molecule has 3 rings (SSSR count). The molecule has 0 radical (unpaired) electrons. The number of carbonyl (C=O) groups excluding carboxylic acids is 2. The summed E-state index contributed by atoms with van der Waals surface area (Å²) in [6.07, 6.45) is -2.90. The molecule has 2 atom stereocenters. The van der Waals surface area contributed by atoms with Crippen molar-refractivity contribution in [2.45, 2.75) is 57.2 Å². The topological polar surface area (TPSA) is 109 Å². The summed E-state index contributed by atoms with van der Waals surface area (Å²) in [6, 6.07) is 1.74. The quantitative estimate of drug-likeness (QED) is 0.603. The molecule has 0 spiro atoms. The van der Waals surface area contributed by atoms with Gasteiger partial charge in [-0.1, -0.05) is 0 Å². The molecule has 1 aliphatic carbocycles. The number of nitrogens with zero attached hydrogens (tertiary/aromatic N) is 2. The average molecular weight is 445 g/mol. The molecule has 0 aliphatic heterocycles. The van der Waals surface area contributed by atoms with Crippen molar-refractivity contribution >= 4 is 29.2 Å². The van der Waals surface area contributed by atoms with Gasteiger partial charge in [-0.15, -0.1) is 11.3 Å². The van der Waals surface area contributed by atoms with Crippen molar-refractivity contribution in [2.24, 2.45) is 0 Å². The third kappa shape index (κ3) is 6.71. The molecule has 2 aromatic rings. The van der Waals surface area contributed by atoms with Gasteiger partial charge in [-0.3, -0.25) is 9.89 Å². The number of carbonyl (C=O) groups is 2. The Bertz CT molecular complexity index is 883. The van der Waals surface area contributed by atoms with Crippen molar-refractivity contribution in [1.82, 2.24) is 20.5 Å². The number of anilines is 1. The van der Waals surface area contributed by atoms with Gasteiger partial charge in [-0.25, -0.2) is 9.78 Å². The summed E-state index contributed by atoms with van der Waals surface area (Å²) in [5, 5.41) is 12.5. The second kappa shape index (κ2) is 9.45. The molecule has 0 unspecified atom stereocenters. The van der Waals surface area contributed by atoms with Crippen LogP contribution in [0.3, 0.4) is 0 Å². The van der Waals surface area contributed by atoms with Crippen LogP contribution in [0.15, 0.2) is 12.3 Å². The fraction of sp³-hybridized carbons (Fsp3) is 0.556. The fourth-order valence-electron chi connectivity index (χ4n) is 3.25. The first kappa shape index (κ1) is 22.1. The smallest absolute Gasteiger partial charge is 0.407 e. The van der Waals surface area contributed by atoms with Crippen LogP contribution in [-0.2, 0) is 16.0 Å². The number of ether oxygens (including phenoxy) is 1. The maximum Gasteiger partial charge on any atom is 0.407 e. The largest absolute Gasteiger partial charge is 0.446 e. The van der Waals surface area contributed by atoms with Crippen LogP contribution in [0.4, 0.5) is 23.8 Å². The fourth-order valence-corrected chi connectivity index (χ4v) is 4.03. The number of halogens is 3. The lowest BCUT2D eigenvalue weighted by Gasteiger charge is -2.13. The Kier molecular flexibility index (Phi) is 6.95. The number of aromatic amines is 1. The molecular formula is C18H22F3N5O3S. The number of amides is 2. The third-order valence-electron chi connectivity index (χ3n) is 4.62. The van der Waals surface area contributed by atoms with E-state index in [0.717, 1.165) is 22.0 Å². The van der Waals surface area contributed by atoms with E-state index in [4.69, 9.17) is 4.74 Å². The van der Waals surface area contributed by atoms with Gasteiger partial charge in [-0.05, 0) is 26.2 Å². The zero-order valence-electron chi connectivity index (χ0n) is 16.2. The normalized spacial score (nSPS) is 18.9. The van der Waals surface area contributed by atoms with Gasteiger partial charge in [0, 0.05) is 35.3 Å². The number of H-pyrrole nitrogens is 1. The van der Waals surface area contributed by atoms with Crippen molar-refractivity contribution in [3.05, 3.63) is 27.8 Å².